The van der Waals surface area contributed by atoms with Gasteiger partial charge in [-0.3, -0.25) is 19.7 Å². The summed E-state index contributed by atoms with van der Waals surface area (Å²) >= 11 is 0. The molecule has 0 bridgehead atoms. The summed E-state index contributed by atoms with van der Waals surface area (Å²) in [6, 6.07) is 12.9. The molecule has 1 heterocycles. The van der Waals surface area contributed by atoms with Gasteiger partial charge >= 0.3 is 0 Å². The molecule has 28 heavy (non-hydrogen) atoms. The van der Waals surface area contributed by atoms with Crippen molar-refractivity contribution >= 4 is 28.6 Å². The highest BCUT2D eigenvalue weighted by atomic mass is 16.6. The number of H-pyrrole nitrogens is 1. The van der Waals surface area contributed by atoms with Gasteiger partial charge in [-0.2, -0.15) is 0 Å². The first kappa shape index (κ1) is 19.0. The Morgan fingerprint density at radius 3 is 2.61 bits per heavy atom. The number of carbonyl (C=O) groups excluding carboxylic acids is 1. The maximum atomic E-state index is 12.5. The van der Waals surface area contributed by atoms with E-state index in [1.807, 2.05) is 6.92 Å². The Morgan fingerprint density at radius 2 is 1.93 bits per heavy atom. The first-order valence-corrected chi connectivity index (χ1v) is 8.67. The number of carbonyl (C=O) groups is 1. The molecule has 0 saturated heterocycles. The fourth-order valence-corrected chi connectivity index (χ4v) is 2.72. The van der Waals surface area contributed by atoms with E-state index < -0.39 is 4.92 Å². The fraction of sp³-hybridized carbons (Fsp3) is 0.150. The molecule has 0 fully saturated rings. The zero-order valence-corrected chi connectivity index (χ0v) is 15.2. The molecular formula is C20H18N4O4. The van der Waals surface area contributed by atoms with Crippen molar-refractivity contribution in [2.45, 2.75) is 13.5 Å². The highest BCUT2D eigenvalue weighted by Crippen LogP contribution is 2.13. The minimum atomic E-state index is -0.477. The van der Waals surface area contributed by atoms with E-state index in [0.29, 0.717) is 28.8 Å². The van der Waals surface area contributed by atoms with Gasteiger partial charge in [0.25, 0.3) is 11.2 Å². The molecule has 0 spiro atoms. The molecule has 0 aliphatic rings. The van der Waals surface area contributed by atoms with Crippen LogP contribution in [0.3, 0.4) is 0 Å². The largest absolute Gasteiger partial charge is 0.332 e. The molecule has 2 aromatic carbocycles. The summed E-state index contributed by atoms with van der Waals surface area (Å²) in [5.41, 5.74) is 0.994. The lowest BCUT2D eigenvalue weighted by molar-refractivity contribution is -0.384. The third-order valence-corrected chi connectivity index (χ3v) is 4.22. The third-order valence-electron chi connectivity index (χ3n) is 4.22. The summed E-state index contributed by atoms with van der Waals surface area (Å²) in [6.45, 7) is 2.43. The van der Waals surface area contributed by atoms with Crippen LogP contribution in [0.1, 0.15) is 18.3 Å². The molecule has 0 saturated carbocycles. The Kier molecular flexibility index (Phi) is 5.59. The van der Waals surface area contributed by atoms with Gasteiger partial charge in [0, 0.05) is 24.8 Å². The van der Waals surface area contributed by atoms with Gasteiger partial charge in [0.15, 0.2) is 0 Å². The maximum absolute atomic E-state index is 12.5. The van der Waals surface area contributed by atoms with Crippen LogP contribution >= 0.6 is 0 Å². The number of benzene rings is 2. The molecule has 0 aliphatic heterocycles. The van der Waals surface area contributed by atoms with Crippen LogP contribution in [0.25, 0.3) is 17.0 Å². The van der Waals surface area contributed by atoms with Gasteiger partial charge < -0.3 is 9.88 Å². The summed E-state index contributed by atoms with van der Waals surface area (Å²) in [6.07, 6.45) is 2.98. The molecular weight excluding hydrogens is 360 g/mol. The minimum Gasteiger partial charge on any atom is -0.332 e. The van der Waals surface area contributed by atoms with Gasteiger partial charge in [-0.15, -0.1) is 0 Å². The number of rotatable bonds is 6. The SMILES string of the molecule is CCN(Cc1nc2ccccc2c(=O)[nH]1)C(=O)C=Cc1ccc([N+](=O)[O-])cc1. The molecule has 1 aromatic heterocycles. The first-order valence-electron chi connectivity index (χ1n) is 8.67. The first-order chi connectivity index (χ1) is 13.5. The van der Waals surface area contributed by atoms with Crippen molar-refractivity contribution in [1.29, 1.82) is 0 Å². The van der Waals surface area contributed by atoms with Crippen molar-refractivity contribution in [1.82, 2.24) is 14.9 Å². The predicted octanol–water partition coefficient (Wildman–Crippen LogP) is 2.89. The van der Waals surface area contributed by atoms with Crippen molar-refractivity contribution in [3.63, 3.8) is 0 Å². The van der Waals surface area contributed by atoms with Crippen molar-refractivity contribution in [3.05, 3.63) is 86.5 Å². The number of nitro groups is 1. The zero-order valence-electron chi connectivity index (χ0n) is 15.2. The van der Waals surface area contributed by atoms with Crippen LogP contribution in [0, 0.1) is 10.1 Å². The van der Waals surface area contributed by atoms with E-state index in [1.165, 1.54) is 23.1 Å². The van der Waals surface area contributed by atoms with Crippen LogP contribution in [0.2, 0.25) is 0 Å². The highest BCUT2D eigenvalue weighted by Gasteiger charge is 2.12. The summed E-state index contributed by atoms with van der Waals surface area (Å²) in [7, 11) is 0. The molecule has 0 radical (unpaired) electrons. The summed E-state index contributed by atoms with van der Waals surface area (Å²) < 4.78 is 0. The summed E-state index contributed by atoms with van der Waals surface area (Å²) in [5, 5.41) is 11.2. The number of nitrogens with one attached hydrogen (secondary N) is 1. The van der Waals surface area contributed by atoms with Crippen molar-refractivity contribution in [3.8, 4) is 0 Å². The second kappa shape index (κ2) is 8.26. The molecule has 3 aromatic rings. The topological polar surface area (TPSA) is 109 Å². The van der Waals surface area contributed by atoms with Crippen LogP contribution in [0.5, 0.6) is 0 Å². The minimum absolute atomic E-state index is 0.00926. The lowest BCUT2D eigenvalue weighted by Gasteiger charge is -2.18. The standard InChI is InChI=1S/C20H18N4O4/c1-2-23(13-18-21-17-6-4-3-5-16(17)20(26)22-18)19(25)12-9-14-7-10-15(11-8-14)24(27)28/h3-12H,2,13H2,1H3,(H,21,22,26). The quantitative estimate of drug-likeness (QED) is 0.403. The molecule has 3 rings (SSSR count). The molecule has 1 N–H and O–H groups in total. The Labute approximate surface area is 160 Å². The number of nitro benzene ring substituents is 1. The number of likely N-dealkylation sites (N-methyl/N-ethyl adjacent to an activating group) is 1. The van der Waals surface area contributed by atoms with Gasteiger partial charge in [-0.1, -0.05) is 12.1 Å². The van der Waals surface area contributed by atoms with Gasteiger partial charge in [0.05, 0.1) is 22.4 Å². The number of amides is 1. The smallest absolute Gasteiger partial charge is 0.269 e. The Morgan fingerprint density at radius 1 is 1.21 bits per heavy atom. The third kappa shape index (κ3) is 4.29. The van der Waals surface area contributed by atoms with E-state index in [2.05, 4.69) is 9.97 Å². The van der Waals surface area contributed by atoms with E-state index in [0.717, 1.165) is 0 Å². The number of non-ortho nitro benzene ring substituents is 1. The number of hydrogen-bond donors (Lipinski definition) is 1. The number of nitrogens with zero attached hydrogens (tertiary/aromatic N) is 3. The van der Waals surface area contributed by atoms with Crippen molar-refractivity contribution in [2.24, 2.45) is 0 Å². The number of hydrogen-bond acceptors (Lipinski definition) is 5. The average Bonchev–Trinajstić information content (AvgIpc) is 2.70. The van der Waals surface area contributed by atoms with E-state index >= 15 is 0 Å². The summed E-state index contributed by atoms with van der Waals surface area (Å²) in [5.74, 6) is 0.152. The van der Waals surface area contributed by atoms with E-state index in [9.17, 15) is 19.7 Å². The normalized spacial score (nSPS) is 11.0. The molecule has 1 amide bonds. The average molecular weight is 378 g/mol. The van der Waals surface area contributed by atoms with Crippen LogP contribution < -0.4 is 5.56 Å². The highest BCUT2D eigenvalue weighted by molar-refractivity contribution is 5.91. The van der Waals surface area contributed by atoms with Crippen LogP contribution in [-0.4, -0.2) is 32.2 Å². The molecule has 0 unspecified atom stereocenters. The fourth-order valence-electron chi connectivity index (χ4n) is 2.72. The number of aromatic nitrogens is 2. The second-order valence-corrected chi connectivity index (χ2v) is 6.06. The van der Waals surface area contributed by atoms with E-state index in [1.54, 1.807) is 42.5 Å². The van der Waals surface area contributed by atoms with Crippen LogP contribution in [0.4, 0.5) is 5.69 Å². The van der Waals surface area contributed by atoms with E-state index in [-0.39, 0.29) is 23.7 Å². The predicted molar refractivity (Wildman–Crippen MR) is 106 cm³/mol. The van der Waals surface area contributed by atoms with Crippen molar-refractivity contribution < 1.29 is 9.72 Å². The summed E-state index contributed by atoms with van der Waals surface area (Å²) in [4.78, 5) is 43.5. The number of aromatic amines is 1. The van der Waals surface area contributed by atoms with Gasteiger partial charge in [-0.25, -0.2) is 4.98 Å². The van der Waals surface area contributed by atoms with Crippen LogP contribution in [0.15, 0.2) is 59.4 Å². The maximum Gasteiger partial charge on any atom is 0.269 e. The molecule has 142 valence electrons. The van der Waals surface area contributed by atoms with Gasteiger partial charge in [0.2, 0.25) is 5.91 Å². The number of fused-ring (bicyclic) bond motifs is 1. The van der Waals surface area contributed by atoms with E-state index in [4.69, 9.17) is 0 Å². The zero-order chi connectivity index (χ0) is 20.1. The Bertz CT molecular complexity index is 1100. The number of para-hydroxylation sites is 1. The van der Waals surface area contributed by atoms with Gasteiger partial charge in [0.1, 0.15) is 5.82 Å². The second-order valence-electron chi connectivity index (χ2n) is 6.06. The lowest BCUT2D eigenvalue weighted by Crippen LogP contribution is -2.30. The van der Waals surface area contributed by atoms with Gasteiger partial charge in [-0.05, 0) is 42.8 Å². The molecule has 0 atom stereocenters. The Hall–Kier alpha value is -3.81. The Balaban J connectivity index is 1.75. The lowest BCUT2D eigenvalue weighted by atomic mass is 10.2. The molecule has 8 nitrogen and oxygen atoms in total. The van der Waals surface area contributed by atoms with Crippen LogP contribution in [-0.2, 0) is 11.3 Å². The molecule has 8 heteroatoms. The molecule has 0 aliphatic carbocycles. The monoisotopic (exact) mass is 378 g/mol. The van der Waals surface area contributed by atoms with Crippen molar-refractivity contribution in [2.75, 3.05) is 6.54 Å².